The maximum atomic E-state index is 12.9. The zero-order chi connectivity index (χ0) is 23.4. The third kappa shape index (κ3) is 4.57. The molecule has 1 aliphatic rings. The number of hydrogen-bond acceptors (Lipinski definition) is 7. The van der Waals surface area contributed by atoms with E-state index in [-0.39, 0.29) is 11.5 Å². The van der Waals surface area contributed by atoms with Gasteiger partial charge in [-0.25, -0.2) is 0 Å². The first kappa shape index (κ1) is 22.1. The van der Waals surface area contributed by atoms with Gasteiger partial charge in [0.2, 0.25) is 5.78 Å². The third-order valence-corrected chi connectivity index (χ3v) is 5.23. The molecule has 0 atom stereocenters. The quantitative estimate of drug-likeness (QED) is 0.453. The maximum absolute atomic E-state index is 12.9. The summed E-state index contributed by atoms with van der Waals surface area (Å²) in [6.45, 7) is 0.377. The Morgan fingerprint density at radius 1 is 0.758 bits per heavy atom. The van der Waals surface area contributed by atoms with Crippen LogP contribution >= 0.6 is 0 Å². The van der Waals surface area contributed by atoms with E-state index in [0.717, 1.165) is 11.3 Å². The highest BCUT2D eigenvalue weighted by atomic mass is 16.5. The predicted octanol–water partition coefficient (Wildman–Crippen LogP) is 4.92. The van der Waals surface area contributed by atoms with Crippen molar-refractivity contribution in [3.63, 3.8) is 0 Å². The van der Waals surface area contributed by atoms with Gasteiger partial charge < -0.3 is 28.4 Å². The molecule has 0 spiro atoms. The molecule has 0 amide bonds. The van der Waals surface area contributed by atoms with Gasteiger partial charge in [-0.1, -0.05) is 12.1 Å². The van der Waals surface area contributed by atoms with Gasteiger partial charge in [-0.2, -0.15) is 0 Å². The van der Waals surface area contributed by atoms with Crippen molar-refractivity contribution in [1.82, 2.24) is 0 Å². The lowest BCUT2D eigenvalue weighted by Gasteiger charge is -2.12. The monoisotopic (exact) mass is 448 g/mol. The van der Waals surface area contributed by atoms with Crippen LogP contribution in [0.2, 0.25) is 0 Å². The lowest BCUT2D eigenvalue weighted by Crippen LogP contribution is -2.00. The Labute approximate surface area is 192 Å². The summed E-state index contributed by atoms with van der Waals surface area (Å²) in [5.41, 5.74) is 2.09. The van der Waals surface area contributed by atoms with Crippen LogP contribution in [0.1, 0.15) is 21.5 Å². The fourth-order valence-electron chi connectivity index (χ4n) is 3.45. The second-order valence-electron chi connectivity index (χ2n) is 7.18. The molecular weight excluding hydrogens is 424 g/mol. The Morgan fingerprint density at radius 3 is 2.09 bits per heavy atom. The van der Waals surface area contributed by atoms with Gasteiger partial charge in [-0.3, -0.25) is 4.79 Å². The van der Waals surface area contributed by atoms with Crippen LogP contribution in [0.3, 0.4) is 0 Å². The summed E-state index contributed by atoms with van der Waals surface area (Å²) in [7, 11) is 6.26. The Kier molecular flexibility index (Phi) is 6.40. The molecule has 0 radical (unpaired) electrons. The summed E-state index contributed by atoms with van der Waals surface area (Å²) in [6.07, 6.45) is 1.63. The van der Waals surface area contributed by atoms with Crippen molar-refractivity contribution in [3.8, 4) is 34.5 Å². The molecule has 1 aliphatic heterocycles. The first-order valence-electron chi connectivity index (χ1n) is 10.2. The number of rotatable bonds is 8. The van der Waals surface area contributed by atoms with Crippen molar-refractivity contribution in [3.05, 3.63) is 77.0 Å². The highest BCUT2D eigenvalue weighted by molar-refractivity contribution is 6.14. The normalized spacial score (nSPS) is 13.3. The summed E-state index contributed by atoms with van der Waals surface area (Å²) in [5, 5.41) is 0. The number of methoxy groups -OCH3 is 4. The second-order valence-corrected chi connectivity index (χ2v) is 7.18. The third-order valence-electron chi connectivity index (χ3n) is 5.23. The molecule has 7 nitrogen and oxygen atoms in total. The SMILES string of the molecule is COc1ccc(COc2ccc3c(c2)O/C(=C\c2cc(OC)c(OC)cc2OC)C3=O)cc1. The van der Waals surface area contributed by atoms with E-state index < -0.39 is 0 Å². The van der Waals surface area contributed by atoms with Gasteiger partial charge in [0.05, 0.1) is 34.0 Å². The van der Waals surface area contributed by atoms with E-state index >= 15 is 0 Å². The van der Waals surface area contributed by atoms with Crippen LogP contribution in [0.25, 0.3) is 6.08 Å². The van der Waals surface area contributed by atoms with Crippen molar-refractivity contribution in [2.75, 3.05) is 28.4 Å². The van der Waals surface area contributed by atoms with Gasteiger partial charge in [-0.05, 0) is 42.0 Å². The molecular formula is C26H24O7. The molecule has 33 heavy (non-hydrogen) atoms. The van der Waals surface area contributed by atoms with E-state index in [1.165, 1.54) is 0 Å². The van der Waals surface area contributed by atoms with Gasteiger partial charge in [0, 0.05) is 17.7 Å². The highest BCUT2D eigenvalue weighted by Gasteiger charge is 2.28. The molecule has 1 heterocycles. The van der Waals surface area contributed by atoms with Gasteiger partial charge in [0.25, 0.3) is 0 Å². The van der Waals surface area contributed by atoms with E-state index in [9.17, 15) is 4.79 Å². The summed E-state index contributed by atoms with van der Waals surface area (Å²) < 4.78 is 33.0. The van der Waals surface area contributed by atoms with Crippen molar-refractivity contribution in [2.24, 2.45) is 0 Å². The lowest BCUT2D eigenvalue weighted by atomic mass is 10.1. The topological polar surface area (TPSA) is 72.5 Å². The summed E-state index contributed by atoms with van der Waals surface area (Å²) in [4.78, 5) is 12.9. The first-order chi connectivity index (χ1) is 16.1. The molecule has 0 fully saturated rings. The molecule has 0 bridgehead atoms. The number of carbonyl (C=O) groups is 1. The molecule has 3 aromatic rings. The summed E-state index contributed by atoms with van der Waals surface area (Å²) in [6, 6.07) is 16.2. The maximum Gasteiger partial charge on any atom is 0.231 e. The largest absolute Gasteiger partial charge is 0.497 e. The van der Waals surface area contributed by atoms with Crippen LogP contribution in [0.4, 0.5) is 0 Å². The molecule has 0 saturated heterocycles. The highest BCUT2D eigenvalue weighted by Crippen LogP contribution is 2.39. The minimum Gasteiger partial charge on any atom is -0.497 e. The second kappa shape index (κ2) is 9.56. The number of benzene rings is 3. The number of ketones is 1. The van der Waals surface area contributed by atoms with Crippen LogP contribution in [-0.2, 0) is 6.61 Å². The zero-order valence-electron chi connectivity index (χ0n) is 18.8. The number of hydrogen-bond donors (Lipinski definition) is 0. The zero-order valence-corrected chi connectivity index (χ0v) is 18.8. The number of carbonyl (C=O) groups excluding carboxylic acids is 1. The minimum atomic E-state index is -0.219. The van der Waals surface area contributed by atoms with Crippen LogP contribution in [-0.4, -0.2) is 34.2 Å². The number of allylic oxidation sites excluding steroid dienone is 1. The lowest BCUT2D eigenvalue weighted by molar-refractivity contribution is 0.101. The molecule has 7 heteroatoms. The van der Waals surface area contributed by atoms with Gasteiger partial charge >= 0.3 is 0 Å². The Balaban J connectivity index is 1.54. The van der Waals surface area contributed by atoms with E-state index in [1.54, 1.807) is 64.8 Å². The van der Waals surface area contributed by atoms with E-state index in [2.05, 4.69) is 0 Å². The number of ether oxygens (including phenoxy) is 6. The van der Waals surface area contributed by atoms with E-state index in [0.29, 0.717) is 46.5 Å². The molecule has 0 aliphatic carbocycles. The van der Waals surface area contributed by atoms with Gasteiger partial charge in [0.1, 0.15) is 29.6 Å². The summed E-state index contributed by atoms with van der Waals surface area (Å²) in [5.74, 6) is 3.36. The smallest absolute Gasteiger partial charge is 0.231 e. The molecule has 0 aromatic heterocycles. The molecule has 170 valence electrons. The number of fused-ring (bicyclic) bond motifs is 1. The van der Waals surface area contributed by atoms with E-state index in [4.69, 9.17) is 28.4 Å². The molecule has 0 saturated carbocycles. The van der Waals surface area contributed by atoms with Crippen LogP contribution in [0.15, 0.2) is 60.4 Å². The molecule has 3 aromatic carbocycles. The summed E-state index contributed by atoms with van der Waals surface area (Å²) >= 11 is 0. The van der Waals surface area contributed by atoms with Crippen LogP contribution < -0.4 is 28.4 Å². The average molecular weight is 448 g/mol. The van der Waals surface area contributed by atoms with E-state index in [1.807, 2.05) is 24.3 Å². The van der Waals surface area contributed by atoms with Gasteiger partial charge in [-0.15, -0.1) is 0 Å². The number of Topliss-reactive ketones (excluding diaryl/α,β-unsaturated/α-hetero) is 1. The van der Waals surface area contributed by atoms with Crippen molar-refractivity contribution in [2.45, 2.75) is 6.61 Å². The van der Waals surface area contributed by atoms with Crippen molar-refractivity contribution >= 4 is 11.9 Å². The Bertz CT molecular complexity index is 1200. The Morgan fingerprint density at radius 2 is 1.42 bits per heavy atom. The molecule has 0 unspecified atom stereocenters. The van der Waals surface area contributed by atoms with Crippen LogP contribution in [0, 0.1) is 0 Å². The predicted molar refractivity (Wildman–Crippen MR) is 123 cm³/mol. The molecule has 0 N–H and O–H groups in total. The average Bonchev–Trinajstić information content (AvgIpc) is 3.16. The van der Waals surface area contributed by atoms with Gasteiger partial charge in [0.15, 0.2) is 17.3 Å². The first-order valence-corrected chi connectivity index (χ1v) is 10.2. The van der Waals surface area contributed by atoms with Crippen molar-refractivity contribution in [1.29, 1.82) is 0 Å². The van der Waals surface area contributed by atoms with Crippen molar-refractivity contribution < 1.29 is 33.2 Å². The van der Waals surface area contributed by atoms with Crippen LogP contribution in [0.5, 0.6) is 34.5 Å². The standard InChI is InChI=1S/C26H24O7/c1-28-18-7-5-16(6-8-18)15-32-19-9-10-20-22(13-19)33-25(26(20)27)12-17-11-23(30-3)24(31-4)14-21(17)29-2/h5-14H,15H2,1-4H3/b25-12-. The Hall–Kier alpha value is -4.13. The minimum absolute atomic E-state index is 0.183. The fraction of sp³-hybridized carbons (Fsp3) is 0.192. The molecule has 4 rings (SSSR count). The fourth-order valence-corrected chi connectivity index (χ4v) is 3.45.